The molecule has 0 N–H and O–H groups in total. The summed E-state index contributed by atoms with van der Waals surface area (Å²) in [6.45, 7) is 0.308. The molecule has 2 aliphatic heterocycles. The van der Waals surface area contributed by atoms with Crippen LogP contribution in [0.15, 0.2) is 65.4 Å². The molecule has 0 aliphatic carbocycles. The summed E-state index contributed by atoms with van der Waals surface area (Å²) in [5.41, 5.74) is 2.55. The van der Waals surface area contributed by atoms with Gasteiger partial charge in [0.15, 0.2) is 0 Å². The molecule has 5 rings (SSSR count). The standard InChI is InChI=1S/C25H23BrF3N3O/c26-19-7-5-17(6-8-19)24(21-4-2-1-3-20(21)23-30-13-16-32(23)24)12-9-22(33)31-14-10-18(11-15-31)25(27,28)29/h1-8,13,16,18H,9-12,14-15H2. The maximum Gasteiger partial charge on any atom is 0.391 e. The van der Waals surface area contributed by atoms with Crippen molar-refractivity contribution in [3.63, 3.8) is 0 Å². The van der Waals surface area contributed by atoms with Crippen molar-refractivity contribution in [2.24, 2.45) is 5.92 Å². The Balaban J connectivity index is 1.45. The van der Waals surface area contributed by atoms with Crippen molar-refractivity contribution >= 4 is 21.8 Å². The number of hydrogen-bond donors (Lipinski definition) is 0. The molecule has 3 heterocycles. The Labute approximate surface area is 198 Å². The second-order valence-corrected chi connectivity index (χ2v) is 9.65. The summed E-state index contributed by atoms with van der Waals surface area (Å²) < 4.78 is 42.2. The van der Waals surface area contributed by atoms with Crippen molar-refractivity contribution < 1.29 is 18.0 Å². The molecular formula is C25H23BrF3N3O. The van der Waals surface area contributed by atoms with Crippen LogP contribution in [0, 0.1) is 5.92 Å². The molecule has 3 aromatic rings. The molecule has 0 bridgehead atoms. The van der Waals surface area contributed by atoms with Gasteiger partial charge in [-0.15, -0.1) is 0 Å². The number of carbonyl (C=O) groups excluding carboxylic acids is 1. The Morgan fingerprint density at radius 1 is 1.09 bits per heavy atom. The van der Waals surface area contributed by atoms with Gasteiger partial charge in [0.1, 0.15) is 5.82 Å². The van der Waals surface area contributed by atoms with E-state index >= 15 is 0 Å². The first-order chi connectivity index (χ1) is 15.8. The van der Waals surface area contributed by atoms with Crippen molar-refractivity contribution in [2.75, 3.05) is 13.1 Å². The van der Waals surface area contributed by atoms with Gasteiger partial charge < -0.3 is 9.47 Å². The Morgan fingerprint density at radius 3 is 2.48 bits per heavy atom. The highest BCUT2D eigenvalue weighted by Crippen LogP contribution is 2.49. The van der Waals surface area contributed by atoms with Gasteiger partial charge in [0, 0.05) is 41.9 Å². The summed E-state index contributed by atoms with van der Waals surface area (Å²) in [4.78, 5) is 19.3. The number of likely N-dealkylation sites (tertiary alicyclic amines) is 1. The third-order valence-electron chi connectivity index (χ3n) is 7.00. The molecule has 8 heteroatoms. The minimum absolute atomic E-state index is 0.0262. The van der Waals surface area contributed by atoms with E-state index < -0.39 is 17.6 Å². The lowest BCUT2D eigenvalue weighted by molar-refractivity contribution is -0.186. The molecule has 1 saturated heterocycles. The SMILES string of the molecule is O=C(CCC1(c2ccc(Br)cc2)c2ccccc2-c2nccn21)N1CCC(C(F)(F)F)CC1. The van der Waals surface area contributed by atoms with Crippen molar-refractivity contribution in [3.05, 3.63) is 76.5 Å². The zero-order valence-corrected chi connectivity index (χ0v) is 19.4. The first-order valence-electron chi connectivity index (χ1n) is 11.0. The van der Waals surface area contributed by atoms with Crippen LogP contribution in [0.25, 0.3) is 11.4 Å². The third kappa shape index (κ3) is 3.78. The number of carbonyl (C=O) groups is 1. The summed E-state index contributed by atoms with van der Waals surface area (Å²) in [6, 6.07) is 16.2. The predicted molar refractivity (Wildman–Crippen MR) is 123 cm³/mol. The summed E-state index contributed by atoms with van der Waals surface area (Å²) >= 11 is 3.50. The van der Waals surface area contributed by atoms with Gasteiger partial charge in [-0.1, -0.05) is 52.3 Å². The van der Waals surface area contributed by atoms with Gasteiger partial charge in [-0.3, -0.25) is 4.79 Å². The number of benzene rings is 2. The van der Waals surface area contributed by atoms with Gasteiger partial charge in [-0.25, -0.2) is 4.98 Å². The smallest absolute Gasteiger partial charge is 0.343 e. The minimum Gasteiger partial charge on any atom is -0.343 e. The van der Waals surface area contributed by atoms with Gasteiger partial charge in [-0.2, -0.15) is 13.2 Å². The minimum atomic E-state index is -4.19. The van der Waals surface area contributed by atoms with E-state index in [2.05, 4.69) is 43.7 Å². The van der Waals surface area contributed by atoms with Gasteiger partial charge in [0.2, 0.25) is 5.91 Å². The average molecular weight is 518 g/mol. The molecule has 33 heavy (non-hydrogen) atoms. The van der Waals surface area contributed by atoms with Gasteiger partial charge in [-0.05, 0) is 42.5 Å². The first-order valence-corrected chi connectivity index (χ1v) is 11.8. The molecular weight excluding hydrogens is 495 g/mol. The number of fused-ring (bicyclic) bond motifs is 3. The van der Waals surface area contributed by atoms with Crippen molar-refractivity contribution in [2.45, 2.75) is 37.4 Å². The number of rotatable bonds is 4. The number of hydrogen-bond acceptors (Lipinski definition) is 2. The van der Waals surface area contributed by atoms with E-state index in [1.165, 1.54) is 0 Å². The van der Waals surface area contributed by atoms with Crippen LogP contribution in [0.5, 0.6) is 0 Å². The van der Waals surface area contributed by atoms with Crippen molar-refractivity contribution in [3.8, 4) is 11.4 Å². The molecule has 172 valence electrons. The van der Waals surface area contributed by atoms with E-state index in [1.54, 1.807) is 11.1 Å². The molecule has 1 aromatic heterocycles. The molecule has 1 atom stereocenters. The Bertz CT molecular complexity index is 1170. The van der Waals surface area contributed by atoms with Gasteiger partial charge >= 0.3 is 6.18 Å². The van der Waals surface area contributed by atoms with E-state index in [0.29, 0.717) is 6.42 Å². The second-order valence-electron chi connectivity index (χ2n) is 8.73. The van der Waals surface area contributed by atoms with Crippen LogP contribution in [-0.2, 0) is 10.3 Å². The molecule has 0 radical (unpaired) electrons. The fourth-order valence-corrected chi connectivity index (χ4v) is 5.57. The topological polar surface area (TPSA) is 38.1 Å². The summed E-state index contributed by atoms with van der Waals surface area (Å²) in [5.74, 6) is -0.559. The summed E-state index contributed by atoms with van der Waals surface area (Å²) in [6.07, 6.45) is 0.195. The highest BCUT2D eigenvalue weighted by Gasteiger charge is 2.46. The molecule has 4 nitrogen and oxygen atoms in total. The summed E-state index contributed by atoms with van der Waals surface area (Å²) in [7, 11) is 0. The number of amides is 1. The van der Waals surface area contributed by atoms with Crippen LogP contribution in [-0.4, -0.2) is 39.6 Å². The molecule has 0 saturated carbocycles. The van der Waals surface area contributed by atoms with Crippen LogP contribution in [0.1, 0.15) is 36.8 Å². The maximum atomic E-state index is 13.1. The van der Waals surface area contributed by atoms with E-state index in [9.17, 15) is 18.0 Å². The lowest BCUT2D eigenvalue weighted by Gasteiger charge is -2.36. The molecule has 1 fully saturated rings. The zero-order chi connectivity index (χ0) is 23.2. The number of halogens is 4. The highest BCUT2D eigenvalue weighted by atomic mass is 79.9. The predicted octanol–water partition coefficient (Wildman–Crippen LogP) is 6.00. The number of piperidine rings is 1. The fraction of sp³-hybridized carbons (Fsp3) is 0.360. The molecule has 0 spiro atoms. The number of aromatic nitrogens is 2. The van der Waals surface area contributed by atoms with E-state index in [1.807, 2.05) is 36.5 Å². The van der Waals surface area contributed by atoms with E-state index in [4.69, 9.17) is 0 Å². The third-order valence-corrected chi connectivity index (χ3v) is 7.53. The summed E-state index contributed by atoms with van der Waals surface area (Å²) in [5, 5.41) is 0. The molecule has 1 unspecified atom stereocenters. The van der Waals surface area contributed by atoms with Crippen LogP contribution in [0.2, 0.25) is 0 Å². The van der Waals surface area contributed by atoms with Crippen LogP contribution >= 0.6 is 15.9 Å². The van der Waals surface area contributed by atoms with E-state index in [-0.39, 0.29) is 38.3 Å². The monoisotopic (exact) mass is 517 g/mol. The largest absolute Gasteiger partial charge is 0.391 e. The maximum absolute atomic E-state index is 13.1. The first kappa shape index (κ1) is 22.2. The molecule has 2 aliphatic rings. The highest BCUT2D eigenvalue weighted by molar-refractivity contribution is 9.10. The van der Waals surface area contributed by atoms with Gasteiger partial charge in [0.25, 0.3) is 0 Å². The number of imidazole rings is 1. The number of nitrogens with zero attached hydrogens (tertiary/aromatic N) is 3. The normalized spacial score (nSPS) is 20.5. The van der Waals surface area contributed by atoms with Crippen LogP contribution < -0.4 is 0 Å². The van der Waals surface area contributed by atoms with Gasteiger partial charge in [0.05, 0.1) is 11.5 Å². The Morgan fingerprint density at radius 2 is 1.79 bits per heavy atom. The lowest BCUT2D eigenvalue weighted by Crippen LogP contribution is -2.43. The molecule has 2 aromatic carbocycles. The van der Waals surface area contributed by atoms with Crippen molar-refractivity contribution in [1.82, 2.24) is 14.5 Å². The second kappa shape index (κ2) is 8.31. The fourth-order valence-electron chi connectivity index (χ4n) is 5.30. The average Bonchev–Trinajstić information content (AvgIpc) is 3.39. The van der Waals surface area contributed by atoms with Crippen LogP contribution in [0.4, 0.5) is 13.2 Å². The van der Waals surface area contributed by atoms with Crippen LogP contribution in [0.3, 0.4) is 0 Å². The zero-order valence-electron chi connectivity index (χ0n) is 17.9. The number of alkyl halides is 3. The van der Waals surface area contributed by atoms with E-state index in [0.717, 1.165) is 27.0 Å². The van der Waals surface area contributed by atoms with Crippen molar-refractivity contribution in [1.29, 1.82) is 0 Å². The Hall–Kier alpha value is -2.61. The Kier molecular flexibility index (Phi) is 5.59. The lowest BCUT2D eigenvalue weighted by atomic mass is 9.79. The quantitative estimate of drug-likeness (QED) is 0.425. The molecule has 1 amide bonds.